The number of carbonyl (C=O) groups is 2. The molecule has 11 nitrogen and oxygen atoms in total. The van der Waals surface area contributed by atoms with Gasteiger partial charge in [-0.05, 0) is 37.3 Å². The van der Waals surface area contributed by atoms with Crippen LogP contribution in [0, 0.1) is 23.2 Å². The van der Waals surface area contributed by atoms with E-state index in [1.165, 1.54) is 18.4 Å². The Balaban J connectivity index is 1.66. The number of carbonyl (C=O) groups excluding carboxylic acids is 2. The van der Waals surface area contributed by atoms with E-state index < -0.39 is 24.0 Å². The fraction of sp³-hybridized carbons (Fsp3) is 0.227. The first-order chi connectivity index (χ1) is 16.3. The molecule has 1 aromatic carbocycles. The Bertz CT molecular complexity index is 1200. The Morgan fingerprint density at radius 3 is 2.88 bits per heavy atom. The van der Waals surface area contributed by atoms with Crippen molar-refractivity contribution in [3.63, 3.8) is 0 Å². The molecule has 7 N–H and O–H groups in total. The summed E-state index contributed by atoms with van der Waals surface area (Å²) >= 11 is 6.26. The topological polar surface area (TPSA) is 178 Å². The van der Waals surface area contributed by atoms with Crippen molar-refractivity contribution < 1.29 is 19.4 Å². The zero-order chi connectivity index (χ0) is 24.8. The van der Waals surface area contributed by atoms with Crippen LogP contribution in [-0.2, 0) is 14.3 Å². The van der Waals surface area contributed by atoms with Crippen molar-refractivity contribution in [3.8, 4) is 0 Å². The molecule has 12 heteroatoms. The predicted molar refractivity (Wildman–Crippen MR) is 130 cm³/mol. The zero-order valence-corrected chi connectivity index (χ0v) is 18.9. The van der Waals surface area contributed by atoms with Crippen molar-refractivity contribution in [2.24, 2.45) is 0 Å². The van der Waals surface area contributed by atoms with E-state index in [-0.39, 0.29) is 19.0 Å². The third-order valence-corrected chi connectivity index (χ3v) is 5.54. The molecule has 2 aromatic rings. The molecule has 0 bridgehead atoms. The molecule has 1 aliphatic heterocycles. The number of allylic oxidation sites excluding steroid dienone is 2. The van der Waals surface area contributed by atoms with Crippen LogP contribution in [0.5, 0.6) is 0 Å². The van der Waals surface area contributed by atoms with Gasteiger partial charge >= 0.3 is 0 Å². The van der Waals surface area contributed by atoms with Crippen molar-refractivity contribution in [2.45, 2.75) is 19.1 Å². The Kier molecular flexibility index (Phi) is 7.95. The number of nitrogens with one attached hydrogen (secondary N) is 6. The van der Waals surface area contributed by atoms with Gasteiger partial charge < -0.3 is 36.3 Å². The highest BCUT2D eigenvalue weighted by atomic mass is 35.5. The number of nitrogens with zero attached hydrogens (tertiary/aromatic N) is 1. The van der Waals surface area contributed by atoms with Gasteiger partial charge in [-0.1, -0.05) is 11.6 Å². The molecule has 1 aliphatic rings. The fourth-order valence-electron chi connectivity index (χ4n) is 3.33. The zero-order valence-electron chi connectivity index (χ0n) is 18.2. The SMILES string of the molecule is Cc1[nH]c2ccc(NC(=O)C(O)C3OCCN(C(=N)/C=C\N/C(C=N)=C/C=N)C3=O)cc2c1Cl. The van der Waals surface area contributed by atoms with E-state index in [0.29, 0.717) is 21.8 Å². The molecular formula is C22H24ClN7O4. The van der Waals surface area contributed by atoms with Crippen molar-refractivity contribution in [3.05, 3.63) is 53.0 Å². The maximum Gasteiger partial charge on any atom is 0.260 e. The second-order valence-electron chi connectivity index (χ2n) is 7.34. The average molecular weight is 486 g/mol. The number of aryl methyl sites for hydroxylation is 1. The number of amides is 2. The number of rotatable bonds is 8. The van der Waals surface area contributed by atoms with Gasteiger partial charge in [0.25, 0.3) is 11.8 Å². The molecule has 1 aromatic heterocycles. The lowest BCUT2D eigenvalue weighted by atomic mass is 10.1. The number of aromatic amines is 1. The molecule has 2 unspecified atom stereocenters. The second kappa shape index (κ2) is 10.9. The number of aliphatic hydroxyl groups excluding tert-OH is 1. The fourth-order valence-corrected chi connectivity index (χ4v) is 3.53. The van der Waals surface area contributed by atoms with Gasteiger partial charge in [-0.3, -0.25) is 19.9 Å². The van der Waals surface area contributed by atoms with Crippen LogP contribution in [0.1, 0.15) is 5.69 Å². The number of benzene rings is 1. The molecule has 3 rings (SSSR count). The Hall–Kier alpha value is -3.80. The van der Waals surface area contributed by atoms with Crippen molar-refractivity contribution in [1.29, 1.82) is 16.2 Å². The summed E-state index contributed by atoms with van der Waals surface area (Å²) in [6.45, 7) is 1.92. The number of aliphatic hydroxyl groups is 1. The predicted octanol–water partition coefficient (Wildman–Crippen LogP) is 1.92. The minimum Gasteiger partial charge on any atom is -0.380 e. The summed E-state index contributed by atoms with van der Waals surface area (Å²) in [5.41, 5.74) is 2.28. The van der Waals surface area contributed by atoms with Gasteiger partial charge in [0.05, 0.1) is 23.9 Å². The summed E-state index contributed by atoms with van der Waals surface area (Å²) in [4.78, 5) is 29.6. The van der Waals surface area contributed by atoms with E-state index in [1.807, 2.05) is 6.92 Å². The molecular weight excluding hydrogens is 462 g/mol. The van der Waals surface area contributed by atoms with E-state index in [1.54, 1.807) is 18.2 Å². The first kappa shape index (κ1) is 24.8. The van der Waals surface area contributed by atoms with E-state index in [0.717, 1.165) is 28.5 Å². The molecule has 2 heterocycles. The molecule has 2 atom stereocenters. The molecule has 2 amide bonds. The van der Waals surface area contributed by atoms with E-state index in [9.17, 15) is 14.7 Å². The quantitative estimate of drug-likeness (QED) is 0.222. The first-order valence-electron chi connectivity index (χ1n) is 10.2. The summed E-state index contributed by atoms with van der Waals surface area (Å²) < 4.78 is 5.35. The summed E-state index contributed by atoms with van der Waals surface area (Å²) in [6.07, 6.45) is 2.68. The number of H-pyrrole nitrogens is 1. The lowest BCUT2D eigenvalue weighted by Gasteiger charge is -2.33. The first-order valence-corrected chi connectivity index (χ1v) is 10.6. The summed E-state index contributed by atoms with van der Waals surface area (Å²) in [5.74, 6) is -1.76. The smallest absolute Gasteiger partial charge is 0.260 e. The molecule has 0 radical (unpaired) electrons. The highest BCUT2D eigenvalue weighted by Gasteiger charge is 2.39. The lowest BCUT2D eigenvalue weighted by molar-refractivity contribution is -0.161. The second-order valence-corrected chi connectivity index (χ2v) is 7.71. The van der Waals surface area contributed by atoms with Gasteiger partial charge in [0.15, 0.2) is 12.2 Å². The van der Waals surface area contributed by atoms with Crippen molar-refractivity contribution in [2.75, 3.05) is 18.5 Å². The standard InChI is InChI=1S/C22H24ClN7O4/c1-12-18(23)15-10-13(2-3-16(15)28-12)29-21(32)19(31)20-22(33)30(8-9-34-20)17(26)5-7-27-14(11-25)4-6-24/h2-7,10-11,19-20,24-28,31H,8-9H2,1H3,(H,29,32)/b7-5-,14-4+,24-6?,25-11?,26-17?. The minimum absolute atomic E-state index is 0.0219. The van der Waals surface area contributed by atoms with E-state index in [2.05, 4.69) is 15.6 Å². The van der Waals surface area contributed by atoms with Crippen LogP contribution in [0.25, 0.3) is 10.9 Å². The molecule has 1 fully saturated rings. The van der Waals surface area contributed by atoms with Gasteiger partial charge in [-0.15, -0.1) is 0 Å². The van der Waals surface area contributed by atoms with Crippen LogP contribution in [0.4, 0.5) is 5.69 Å². The third-order valence-electron chi connectivity index (χ3n) is 5.05. The number of ether oxygens (including phenoxy) is 1. The highest BCUT2D eigenvalue weighted by molar-refractivity contribution is 6.36. The third kappa shape index (κ3) is 5.39. The molecule has 0 aliphatic carbocycles. The number of hydrogen-bond donors (Lipinski definition) is 7. The molecule has 0 saturated carbocycles. The van der Waals surface area contributed by atoms with Gasteiger partial charge in [0.1, 0.15) is 5.84 Å². The highest BCUT2D eigenvalue weighted by Crippen LogP contribution is 2.29. The van der Waals surface area contributed by atoms with Crippen LogP contribution >= 0.6 is 11.6 Å². The summed E-state index contributed by atoms with van der Waals surface area (Å²) in [7, 11) is 0. The largest absolute Gasteiger partial charge is 0.380 e. The Labute approximate surface area is 199 Å². The van der Waals surface area contributed by atoms with Crippen LogP contribution in [-0.4, -0.2) is 70.4 Å². The average Bonchev–Trinajstić information content (AvgIpc) is 3.11. The Morgan fingerprint density at radius 1 is 1.41 bits per heavy atom. The summed E-state index contributed by atoms with van der Waals surface area (Å²) in [5, 5.41) is 39.4. The molecule has 178 valence electrons. The van der Waals surface area contributed by atoms with Gasteiger partial charge in [-0.2, -0.15) is 0 Å². The van der Waals surface area contributed by atoms with E-state index >= 15 is 0 Å². The number of fused-ring (bicyclic) bond motifs is 1. The maximum absolute atomic E-state index is 12.8. The number of amidine groups is 1. The van der Waals surface area contributed by atoms with Crippen LogP contribution < -0.4 is 10.6 Å². The van der Waals surface area contributed by atoms with Gasteiger partial charge in [0.2, 0.25) is 0 Å². The van der Waals surface area contributed by atoms with Crippen LogP contribution in [0.15, 0.2) is 42.2 Å². The summed E-state index contributed by atoms with van der Waals surface area (Å²) in [6, 6.07) is 5.03. The normalized spacial score (nSPS) is 17.6. The molecule has 34 heavy (non-hydrogen) atoms. The molecule has 0 spiro atoms. The van der Waals surface area contributed by atoms with E-state index in [4.69, 9.17) is 32.6 Å². The van der Waals surface area contributed by atoms with Crippen LogP contribution in [0.3, 0.4) is 0 Å². The van der Waals surface area contributed by atoms with Crippen molar-refractivity contribution in [1.82, 2.24) is 15.2 Å². The Morgan fingerprint density at radius 2 is 2.18 bits per heavy atom. The molecule has 1 saturated heterocycles. The number of halogens is 1. The van der Waals surface area contributed by atoms with Crippen LogP contribution in [0.2, 0.25) is 5.02 Å². The monoisotopic (exact) mass is 485 g/mol. The number of hydrogen-bond acceptors (Lipinski definition) is 8. The maximum atomic E-state index is 12.8. The van der Waals surface area contributed by atoms with Gasteiger partial charge in [-0.25, -0.2) is 0 Å². The lowest BCUT2D eigenvalue weighted by Crippen LogP contribution is -2.56. The number of aromatic nitrogens is 1. The van der Waals surface area contributed by atoms with Gasteiger partial charge in [0, 0.05) is 40.9 Å². The number of morpholine rings is 1. The minimum atomic E-state index is -1.80. The van der Waals surface area contributed by atoms with Crippen molar-refractivity contribution >= 4 is 58.3 Å². The number of anilines is 1.